The summed E-state index contributed by atoms with van der Waals surface area (Å²) in [5.41, 5.74) is 7.67. The van der Waals surface area contributed by atoms with Crippen LogP contribution in [0.4, 0.5) is 4.39 Å². The highest BCUT2D eigenvalue weighted by Gasteiger charge is 2.13. The van der Waals surface area contributed by atoms with Crippen LogP contribution in [0.1, 0.15) is 10.4 Å². The first-order valence-electron chi connectivity index (χ1n) is 6.33. The molecule has 4 heteroatoms. The van der Waals surface area contributed by atoms with Gasteiger partial charge >= 0.3 is 0 Å². The molecule has 0 amide bonds. The van der Waals surface area contributed by atoms with Gasteiger partial charge in [0.05, 0.1) is 11.3 Å². The van der Waals surface area contributed by atoms with Gasteiger partial charge in [0, 0.05) is 15.8 Å². The summed E-state index contributed by atoms with van der Waals surface area (Å²) in [7, 11) is 0. The van der Waals surface area contributed by atoms with Gasteiger partial charge in [-0.3, -0.25) is 0 Å². The summed E-state index contributed by atoms with van der Waals surface area (Å²) in [6.07, 6.45) is 0. The van der Waals surface area contributed by atoms with E-state index in [-0.39, 0.29) is 5.82 Å². The van der Waals surface area contributed by atoms with E-state index in [4.69, 9.17) is 5.73 Å². The lowest BCUT2D eigenvalue weighted by molar-refractivity contribution is 0.640. The molecule has 0 aliphatic carbocycles. The fourth-order valence-electron chi connectivity index (χ4n) is 2.30. The molecule has 1 aromatic heterocycles. The van der Waals surface area contributed by atoms with Gasteiger partial charge < -0.3 is 5.73 Å². The number of halogens is 1. The number of hydrogen-bond acceptors (Lipinski definition) is 3. The zero-order valence-electron chi connectivity index (χ0n) is 11.0. The smallest absolute Gasteiger partial charge is 0.131 e. The number of allylic oxidation sites excluding steroid dienone is 1. The van der Waals surface area contributed by atoms with Crippen LogP contribution in [0.15, 0.2) is 53.9 Å². The first-order valence-corrected chi connectivity index (χ1v) is 7.21. The molecule has 102 valence electrons. The Bertz CT molecular complexity index is 873. The van der Waals surface area contributed by atoms with Gasteiger partial charge in [-0.15, -0.1) is 11.3 Å². The second kappa shape index (κ2) is 5.39. The number of rotatable bonds is 2. The standard InChI is InChI=1S/C17H11FN2S/c18-15-8-7-13(11-4-1-2-5-12(11)15)17(20)14(10-19)16-6-3-9-21-16/h1-9H,20H2/b17-14-. The van der Waals surface area contributed by atoms with Crippen molar-refractivity contribution in [1.82, 2.24) is 0 Å². The molecule has 0 unspecified atom stereocenters. The lowest BCUT2D eigenvalue weighted by Gasteiger charge is -2.09. The molecule has 3 rings (SSSR count). The number of nitriles is 1. The van der Waals surface area contributed by atoms with E-state index in [1.54, 1.807) is 18.2 Å². The highest BCUT2D eigenvalue weighted by molar-refractivity contribution is 7.11. The van der Waals surface area contributed by atoms with E-state index >= 15 is 0 Å². The molecule has 3 aromatic rings. The topological polar surface area (TPSA) is 49.8 Å². The maximum absolute atomic E-state index is 13.9. The molecule has 0 aliphatic rings. The van der Waals surface area contributed by atoms with E-state index in [1.165, 1.54) is 17.4 Å². The minimum absolute atomic E-state index is 0.295. The van der Waals surface area contributed by atoms with Crippen LogP contribution < -0.4 is 5.73 Å². The maximum atomic E-state index is 13.9. The van der Waals surface area contributed by atoms with Gasteiger partial charge in [-0.25, -0.2) is 4.39 Å². The molecule has 0 fully saturated rings. The highest BCUT2D eigenvalue weighted by Crippen LogP contribution is 2.30. The Morgan fingerprint density at radius 2 is 1.81 bits per heavy atom. The van der Waals surface area contributed by atoms with Crippen LogP contribution in [0.5, 0.6) is 0 Å². The number of hydrogen-bond donors (Lipinski definition) is 1. The second-order valence-corrected chi connectivity index (χ2v) is 5.47. The van der Waals surface area contributed by atoms with Crippen LogP contribution in [0.3, 0.4) is 0 Å². The van der Waals surface area contributed by atoms with Gasteiger partial charge in [-0.05, 0) is 29.0 Å². The van der Waals surface area contributed by atoms with Crippen LogP contribution in [-0.4, -0.2) is 0 Å². The molecule has 2 nitrogen and oxygen atoms in total. The fourth-order valence-corrected chi connectivity index (χ4v) is 3.04. The normalized spacial score (nSPS) is 12.0. The zero-order chi connectivity index (χ0) is 14.8. The third-order valence-corrected chi connectivity index (χ3v) is 4.20. The molecule has 0 saturated carbocycles. The molecule has 1 heterocycles. The Morgan fingerprint density at radius 3 is 2.48 bits per heavy atom. The molecule has 21 heavy (non-hydrogen) atoms. The number of thiophene rings is 1. The number of fused-ring (bicyclic) bond motifs is 1. The lowest BCUT2D eigenvalue weighted by Crippen LogP contribution is -2.01. The van der Waals surface area contributed by atoms with E-state index < -0.39 is 0 Å². The van der Waals surface area contributed by atoms with Gasteiger partial charge in [0.15, 0.2) is 0 Å². The molecule has 0 spiro atoms. The van der Waals surface area contributed by atoms with Crippen molar-refractivity contribution in [2.24, 2.45) is 5.73 Å². The van der Waals surface area contributed by atoms with Crippen LogP contribution in [0, 0.1) is 17.1 Å². The highest BCUT2D eigenvalue weighted by atomic mass is 32.1. The van der Waals surface area contributed by atoms with E-state index in [2.05, 4.69) is 6.07 Å². The van der Waals surface area contributed by atoms with Crippen molar-refractivity contribution in [1.29, 1.82) is 5.26 Å². The molecular formula is C17H11FN2S. The SMILES string of the molecule is N#C/C(=C(/N)c1ccc(F)c2ccccc12)c1cccs1. The quantitative estimate of drug-likeness (QED) is 0.712. The van der Waals surface area contributed by atoms with Gasteiger partial charge in [-0.2, -0.15) is 5.26 Å². The predicted molar refractivity (Wildman–Crippen MR) is 84.8 cm³/mol. The van der Waals surface area contributed by atoms with Crippen molar-refractivity contribution in [3.63, 3.8) is 0 Å². The van der Waals surface area contributed by atoms with E-state index in [0.717, 1.165) is 4.88 Å². The Balaban J connectivity index is 2.30. The van der Waals surface area contributed by atoms with Crippen LogP contribution in [0.25, 0.3) is 22.0 Å². The lowest BCUT2D eigenvalue weighted by atomic mass is 9.99. The van der Waals surface area contributed by atoms with Crippen molar-refractivity contribution < 1.29 is 4.39 Å². The molecule has 0 saturated heterocycles. The summed E-state index contributed by atoms with van der Waals surface area (Å²) in [6.45, 7) is 0. The largest absolute Gasteiger partial charge is 0.397 e. The molecule has 0 radical (unpaired) electrons. The number of nitrogens with two attached hydrogens (primary N) is 1. The van der Waals surface area contributed by atoms with Crippen molar-refractivity contribution in [3.8, 4) is 6.07 Å². The van der Waals surface area contributed by atoms with Crippen molar-refractivity contribution in [2.45, 2.75) is 0 Å². The van der Waals surface area contributed by atoms with Gasteiger partial charge in [0.2, 0.25) is 0 Å². The molecule has 0 bridgehead atoms. The average Bonchev–Trinajstić information content (AvgIpc) is 3.03. The first-order chi connectivity index (χ1) is 10.2. The Labute approximate surface area is 125 Å². The summed E-state index contributed by atoms with van der Waals surface area (Å²) in [5, 5.41) is 12.5. The summed E-state index contributed by atoms with van der Waals surface area (Å²) in [5.74, 6) is -0.295. The molecule has 2 N–H and O–H groups in total. The fraction of sp³-hybridized carbons (Fsp3) is 0. The minimum Gasteiger partial charge on any atom is -0.397 e. The van der Waals surface area contributed by atoms with Gasteiger partial charge in [0.1, 0.15) is 11.9 Å². The minimum atomic E-state index is -0.295. The summed E-state index contributed by atoms with van der Waals surface area (Å²) in [6, 6.07) is 16.0. The molecule has 0 atom stereocenters. The summed E-state index contributed by atoms with van der Waals surface area (Å²) < 4.78 is 13.9. The van der Waals surface area contributed by atoms with Crippen molar-refractivity contribution in [2.75, 3.05) is 0 Å². The Hall–Kier alpha value is -2.64. The zero-order valence-corrected chi connectivity index (χ0v) is 11.8. The molecule has 0 aliphatic heterocycles. The van der Waals surface area contributed by atoms with E-state index in [9.17, 15) is 9.65 Å². The van der Waals surface area contributed by atoms with Crippen LogP contribution in [0.2, 0.25) is 0 Å². The molecular weight excluding hydrogens is 283 g/mol. The summed E-state index contributed by atoms with van der Waals surface area (Å²) in [4.78, 5) is 0.809. The van der Waals surface area contributed by atoms with E-state index in [0.29, 0.717) is 27.6 Å². The summed E-state index contributed by atoms with van der Waals surface area (Å²) >= 11 is 1.45. The number of nitrogens with zero attached hydrogens (tertiary/aromatic N) is 1. The Morgan fingerprint density at radius 1 is 1.05 bits per heavy atom. The van der Waals surface area contributed by atoms with Crippen molar-refractivity contribution >= 4 is 33.4 Å². The van der Waals surface area contributed by atoms with Gasteiger partial charge in [-0.1, -0.05) is 30.3 Å². The van der Waals surface area contributed by atoms with Gasteiger partial charge in [0.25, 0.3) is 0 Å². The number of benzene rings is 2. The van der Waals surface area contributed by atoms with Crippen LogP contribution in [-0.2, 0) is 0 Å². The van der Waals surface area contributed by atoms with Crippen molar-refractivity contribution in [3.05, 3.63) is 70.2 Å². The Kier molecular flexibility index (Phi) is 3.43. The molecule has 2 aromatic carbocycles. The third kappa shape index (κ3) is 2.28. The third-order valence-electron chi connectivity index (χ3n) is 3.31. The first kappa shape index (κ1) is 13.3. The maximum Gasteiger partial charge on any atom is 0.131 e. The monoisotopic (exact) mass is 294 g/mol. The second-order valence-electron chi connectivity index (χ2n) is 4.52. The van der Waals surface area contributed by atoms with Crippen LogP contribution >= 0.6 is 11.3 Å². The van der Waals surface area contributed by atoms with E-state index in [1.807, 2.05) is 29.6 Å². The average molecular weight is 294 g/mol. The predicted octanol–water partition coefficient (Wildman–Crippen LogP) is 4.39.